The van der Waals surface area contributed by atoms with E-state index in [2.05, 4.69) is 15.3 Å². The summed E-state index contributed by atoms with van der Waals surface area (Å²) in [6.07, 6.45) is 1.51. The molecular formula is C6H6N6O2S. The molecule has 0 atom stereocenters. The number of hydrogen-bond acceptors (Lipinski definition) is 7. The summed E-state index contributed by atoms with van der Waals surface area (Å²) in [6, 6.07) is 0. The van der Waals surface area contributed by atoms with E-state index in [1.54, 1.807) is 7.05 Å². The lowest BCUT2D eigenvalue weighted by Gasteiger charge is -1.89. The average Bonchev–Trinajstić information content (AvgIpc) is 2.71. The molecule has 0 aliphatic carbocycles. The number of nitro groups is 1. The lowest BCUT2D eigenvalue weighted by molar-refractivity contribution is -0.389. The smallest absolute Gasteiger partial charge is 0.374 e. The van der Waals surface area contributed by atoms with Crippen LogP contribution in [0.5, 0.6) is 0 Å². The quantitative estimate of drug-likeness (QED) is 0.586. The molecule has 8 nitrogen and oxygen atoms in total. The molecule has 15 heavy (non-hydrogen) atoms. The van der Waals surface area contributed by atoms with Crippen LogP contribution in [0.3, 0.4) is 0 Å². The molecule has 2 N–H and O–H groups in total. The Kier molecular flexibility index (Phi) is 2.08. The fourth-order valence-corrected chi connectivity index (χ4v) is 1.72. The number of nitrogen functional groups attached to an aromatic ring is 1. The van der Waals surface area contributed by atoms with E-state index in [0.29, 0.717) is 10.6 Å². The van der Waals surface area contributed by atoms with Crippen LogP contribution >= 0.6 is 11.3 Å². The van der Waals surface area contributed by atoms with E-state index in [1.807, 2.05) is 0 Å². The lowest BCUT2D eigenvalue weighted by atomic mass is 10.3. The summed E-state index contributed by atoms with van der Waals surface area (Å²) in [5.74, 6) is -0.242. The van der Waals surface area contributed by atoms with Crippen LogP contribution in [-0.4, -0.2) is 24.9 Å². The topological polar surface area (TPSA) is 113 Å². The van der Waals surface area contributed by atoms with Gasteiger partial charge in [-0.15, -0.1) is 10.2 Å². The first-order valence-electron chi connectivity index (χ1n) is 3.85. The van der Waals surface area contributed by atoms with Gasteiger partial charge in [0.2, 0.25) is 5.13 Å². The first-order valence-corrected chi connectivity index (χ1v) is 4.67. The number of anilines is 1. The molecule has 0 saturated heterocycles. The lowest BCUT2D eigenvalue weighted by Crippen LogP contribution is -1.92. The normalized spacial score (nSPS) is 10.5. The molecule has 0 aliphatic rings. The molecule has 2 aromatic heterocycles. The molecule has 0 aliphatic heterocycles. The zero-order valence-electron chi connectivity index (χ0n) is 7.62. The molecule has 0 amide bonds. The molecule has 0 saturated carbocycles. The van der Waals surface area contributed by atoms with Crippen molar-refractivity contribution in [3.05, 3.63) is 16.3 Å². The van der Waals surface area contributed by atoms with Gasteiger partial charge in [-0.05, 0) is 4.92 Å². The zero-order valence-corrected chi connectivity index (χ0v) is 8.43. The molecule has 2 aromatic rings. The Labute approximate surface area is 87.5 Å². The van der Waals surface area contributed by atoms with Gasteiger partial charge in [-0.3, -0.25) is 0 Å². The van der Waals surface area contributed by atoms with Gasteiger partial charge in [0.05, 0.1) is 18.3 Å². The molecule has 0 bridgehead atoms. The highest BCUT2D eigenvalue weighted by molar-refractivity contribution is 7.18. The summed E-state index contributed by atoms with van der Waals surface area (Å²) in [4.78, 5) is 10.1. The second-order valence-corrected chi connectivity index (χ2v) is 3.75. The van der Waals surface area contributed by atoms with Gasteiger partial charge in [-0.1, -0.05) is 11.3 Å². The van der Waals surface area contributed by atoms with Crippen molar-refractivity contribution < 1.29 is 4.92 Å². The summed E-state index contributed by atoms with van der Waals surface area (Å²) in [6.45, 7) is 0. The summed E-state index contributed by atoms with van der Waals surface area (Å²) in [5, 5.41) is 22.4. The Morgan fingerprint density at radius 1 is 1.60 bits per heavy atom. The van der Waals surface area contributed by atoms with Crippen molar-refractivity contribution in [3.63, 3.8) is 0 Å². The van der Waals surface area contributed by atoms with Crippen molar-refractivity contribution in [1.29, 1.82) is 0 Å². The first kappa shape index (κ1) is 9.52. The second kappa shape index (κ2) is 3.28. The van der Waals surface area contributed by atoms with Gasteiger partial charge in [0.15, 0.2) is 5.01 Å². The molecule has 2 heterocycles. The van der Waals surface area contributed by atoms with E-state index in [0.717, 1.165) is 11.3 Å². The number of aromatic nitrogens is 4. The number of nitrogens with two attached hydrogens (primary N) is 1. The highest BCUT2D eigenvalue weighted by atomic mass is 32.1. The predicted molar refractivity (Wildman–Crippen MR) is 53.2 cm³/mol. The maximum Gasteiger partial charge on any atom is 0.400 e. The Morgan fingerprint density at radius 2 is 2.33 bits per heavy atom. The van der Waals surface area contributed by atoms with Crippen molar-refractivity contribution in [1.82, 2.24) is 20.0 Å². The van der Waals surface area contributed by atoms with Gasteiger partial charge in [-0.2, -0.15) is 4.68 Å². The highest BCUT2D eigenvalue weighted by Gasteiger charge is 2.23. The van der Waals surface area contributed by atoms with Crippen molar-refractivity contribution in [2.24, 2.45) is 7.05 Å². The Bertz CT molecular complexity index is 517. The number of aryl methyl sites for hydroxylation is 1. The maximum atomic E-state index is 10.7. The van der Waals surface area contributed by atoms with Crippen LogP contribution in [-0.2, 0) is 7.05 Å². The summed E-state index contributed by atoms with van der Waals surface area (Å²) in [5.41, 5.74) is 5.73. The van der Waals surface area contributed by atoms with Crippen LogP contribution in [0.15, 0.2) is 6.20 Å². The third kappa shape index (κ3) is 1.64. The van der Waals surface area contributed by atoms with E-state index in [9.17, 15) is 10.1 Å². The number of rotatable bonds is 2. The van der Waals surface area contributed by atoms with E-state index < -0.39 is 4.92 Å². The van der Waals surface area contributed by atoms with Crippen molar-refractivity contribution in [2.45, 2.75) is 0 Å². The number of hydrogen-bond donors (Lipinski definition) is 1. The maximum absolute atomic E-state index is 10.7. The molecule has 9 heteroatoms. The SMILES string of the molecule is Cn1cc(-c2nnc(N)s2)c([N+](=O)[O-])n1. The molecule has 0 aromatic carbocycles. The minimum atomic E-state index is -0.563. The molecule has 0 fully saturated rings. The van der Waals surface area contributed by atoms with E-state index in [-0.39, 0.29) is 10.9 Å². The van der Waals surface area contributed by atoms with Crippen LogP contribution in [0, 0.1) is 10.1 Å². The molecular weight excluding hydrogens is 220 g/mol. The standard InChI is InChI=1S/C6H6N6O2S/c1-11-2-3(4(10-11)12(13)14)5-8-9-6(7)15-5/h2H,1H3,(H2,7,9). The van der Waals surface area contributed by atoms with E-state index in [1.165, 1.54) is 10.9 Å². The van der Waals surface area contributed by atoms with Gasteiger partial charge in [-0.25, -0.2) is 0 Å². The largest absolute Gasteiger partial charge is 0.400 e. The highest BCUT2D eigenvalue weighted by Crippen LogP contribution is 2.31. The van der Waals surface area contributed by atoms with Crippen LogP contribution in [0.2, 0.25) is 0 Å². The molecule has 2 rings (SSSR count). The van der Waals surface area contributed by atoms with E-state index >= 15 is 0 Å². The molecule has 78 valence electrons. The van der Waals surface area contributed by atoms with Crippen LogP contribution in [0.1, 0.15) is 0 Å². The summed E-state index contributed by atoms with van der Waals surface area (Å²) in [7, 11) is 1.60. The van der Waals surface area contributed by atoms with Gasteiger partial charge in [0.25, 0.3) is 0 Å². The summed E-state index contributed by atoms with van der Waals surface area (Å²) >= 11 is 1.08. The molecule has 0 spiro atoms. The fourth-order valence-electron chi connectivity index (χ4n) is 1.11. The molecule has 0 radical (unpaired) electrons. The molecule has 0 unspecified atom stereocenters. The number of nitrogens with zero attached hydrogens (tertiary/aromatic N) is 5. The van der Waals surface area contributed by atoms with Crippen LogP contribution in [0.4, 0.5) is 10.9 Å². The third-order valence-corrected chi connectivity index (χ3v) is 2.44. The van der Waals surface area contributed by atoms with Crippen molar-refractivity contribution in [2.75, 3.05) is 5.73 Å². The third-order valence-electron chi connectivity index (χ3n) is 1.65. The van der Waals surface area contributed by atoms with Gasteiger partial charge < -0.3 is 15.8 Å². The monoisotopic (exact) mass is 226 g/mol. The van der Waals surface area contributed by atoms with Gasteiger partial charge in [0, 0.05) is 0 Å². The Morgan fingerprint density at radius 3 is 2.87 bits per heavy atom. The Balaban J connectivity index is 2.56. The van der Waals surface area contributed by atoms with Gasteiger partial charge >= 0.3 is 5.82 Å². The van der Waals surface area contributed by atoms with E-state index in [4.69, 9.17) is 5.73 Å². The minimum Gasteiger partial charge on any atom is -0.374 e. The predicted octanol–water partition coefficient (Wildman–Crippen LogP) is 0.429. The minimum absolute atomic E-state index is 0.242. The Hall–Kier alpha value is -2.03. The van der Waals surface area contributed by atoms with Crippen molar-refractivity contribution in [3.8, 4) is 10.6 Å². The van der Waals surface area contributed by atoms with Crippen LogP contribution < -0.4 is 5.73 Å². The van der Waals surface area contributed by atoms with Gasteiger partial charge in [0.1, 0.15) is 5.56 Å². The zero-order chi connectivity index (χ0) is 11.0. The first-order chi connectivity index (χ1) is 7.08. The van der Waals surface area contributed by atoms with Crippen LogP contribution in [0.25, 0.3) is 10.6 Å². The summed E-state index contributed by atoms with van der Waals surface area (Å²) < 4.78 is 1.35. The average molecular weight is 226 g/mol. The van der Waals surface area contributed by atoms with Crippen molar-refractivity contribution >= 4 is 22.3 Å². The second-order valence-electron chi connectivity index (χ2n) is 2.74. The fraction of sp³-hybridized carbons (Fsp3) is 0.167.